The van der Waals surface area contributed by atoms with Crippen LogP contribution in [0.25, 0.3) is 0 Å². The molecule has 1 aliphatic rings. The molecule has 2 N–H and O–H groups in total. The minimum atomic E-state index is 0.479. The zero-order valence-electron chi connectivity index (χ0n) is 14.0. The molecule has 0 amide bonds. The van der Waals surface area contributed by atoms with Gasteiger partial charge in [-0.15, -0.1) is 11.3 Å². The smallest absolute Gasteiger partial charge is 0.191 e. The Morgan fingerprint density at radius 3 is 2.87 bits per heavy atom. The standard InChI is InChI=1S/C18H24N4S/c1-4-19-18(21-11-17-20-10-13(3)23-17)22-16-9-15(16)14-8-6-5-7-12(14)2/h5-8,10,15-16H,4,9,11H2,1-3H3,(H2,19,21,22). The number of hydrogen-bond acceptors (Lipinski definition) is 3. The maximum absolute atomic E-state index is 4.67. The Hall–Kier alpha value is -1.88. The van der Waals surface area contributed by atoms with E-state index in [1.165, 1.54) is 22.4 Å². The predicted molar refractivity (Wildman–Crippen MR) is 97.1 cm³/mol. The number of aliphatic imine (C=N–C) groups is 1. The fourth-order valence-electron chi connectivity index (χ4n) is 2.82. The lowest BCUT2D eigenvalue weighted by Gasteiger charge is -2.11. The molecule has 1 aromatic heterocycles. The molecular weight excluding hydrogens is 304 g/mol. The molecule has 5 heteroatoms. The van der Waals surface area contributed by atoms with Crippen LogP contribution in [-0.4, -0.2) is 23.5 Å². The Morgan fingerprint density at radius 2 is 2.17 bits per heavy atom. The first-order valence-electron chi connectivity index (χ1n) is 8.19. The molecule has 0 bridgehead atoms. The summed E-state index contributed by atoms with van der Waals surface area (Å²) in [6.45, 7) is 7.86. The first-order valence-corrected chi connectivity index (χ1v) is 9.00. The molecule has 1 aliphatic carbocycles. The molecule has 1 saturated carbocycles. The van der Waals surface area contributed by atoms with Gasteiger partial charge in [-0.2, -0.15) is 0 Å². The van der Waals surface area contributed by atoms with E-state index < -0.39 is 0 Å². The molecule has 4 nitrogen and oxygen atoms in total. The van der Waals surface area contributed by atoms with Crippen LogP contribution in [0.5, 0.6) is 0 Å². The van der Waals surface area contributed by atoms with Crippen LogP contribution in [0.2, 0.25) is 0 Å². The molecule has 0 aliphatic heterocycles. The molecule has 2 unspecified atom stereocenters. The van der Waals surface area contributed by atoms with Crippen molar-refractivity contribution in [1.29, 1.82) is 0 Å². The van der Waals surface area contributed by atoms with Gasteiger partial charge in [0.2, 0.25) is 0 Å². The number of rotatable bonds is 5. The van der Waals surface area contributed by atoms with Gasteiger partial charge in [-0.3, -0.25) is 0 Å². The summed E-state index contributed by atoms with van der Waals surface area (Å²) in [4.78, 5) is 10.3. The van der Waals surface area contributed by atoms with Gasteiger partial charge in [-0.05, 0) is 38.3 Å². The highest BCUT2D eigenvalue weighted by Gasteiger charge is 2.39. The minimum absolute atomic E-state index is 0.479. The molecule has 23 heavy (non-hydrogen) atoms. The molecule has 0 radical (unpaired) electrons. The van der Waals surface area contributed by atoms with Gasteiger partial charge in [-0.25, -0.2) is 9.98 Å². The van der Waals surface area contributed by atoms with Crippen molar-refractivity contribution >= 4 is 17.3 Å². The number of nitrogens with one attached hydrogen (secondary N) is 2. The molecular formula is C18H24N4S. The fraction of sp³-hybridized carbons (Fsp3) is 0.444. The van der Waals surface area contributed by atoms with Gasteiger partial charge >= 0.3 is 0 Å². The summed E-state index contributed by atoms with van der Waals surface area (Å²) >= 11 is 1.71. The van der Waals surface area contributed by atoms with Gasteiger partial charge in [0.15, 0.2) is 5.96 Å². The van der Waals surface area contributed by atoms with E-state index in [2.05, 4.69) is 65.6 Å². The van der Waals surface area contributed by atoms with E-state index in [1.807, 2.05) is 6.20 Å². The largest absolute Gasteiger partial charge is 0.357 e. The zero-order chi connectivity index (χ0) is 16.2. The highest BCUT2D eigenvalue weighted by molar-refractivity contribution is 7.11. The van der Waals surface area contributed by atoms with Gasteiger partial charge in [0.05, 0.1) is 6.54 Å². The number of benzene rings is 1. The molecule has 2 aromatic rings. The first kappa shape index (κ1) is 16.0. The zero-order valence-corrected chi connectivity index (χ0v) is 14.8. The molecule has 1 heterocycles. The highest BCUT2D eigenvalue weighted by Crippen LogP contribution is 2.42. The maximum atomic E-state index is 4.67. The first-order chi connectivity index (χ1) is 11.2. The van der Waals surface area contributed by atoms with Crippen LogP contribution in [0.4, 0.5) is 0 Å². The van der Waals surface area contributed by atoms with Gasteiger partial charge in [0, 0.05) is 29.6 Å². The van der Waals surface area contributed by atoms with Crippen molar-refractivity contribution in [1.82, 2.24) is 15.6 Å². The number of thiazole rings is 1. The van der Waals surface area contributed by atoms with Crippen LogP contribution < -0.4 is 10.6 Å². The van der Waals surface area contributed by atoms with Crippen molar-refractivity contribution in [3.05, 3.63) is 51.5 Å². The van der Waals surface area contributed by atoms with Crippen molar-refractivity contribution < 1.29 is 0 Å². The van der Waals surface area contributed by atoms with E-state index in [4.69, 9.17) is 0 Å². The second-order valence-electron chi connectivity index (χ2n) is 6.01. The molecule has 122 valence electrons. The third kappa shape index (κ3) is 4.10. The van der Waals surface area contributed by atoms with Crippen molar-refractivity contribution in [2.75, 3.05) is 6.54 Å². The lowest BCUT2D eigenvalue weighted by molar-refractivity contribution is 0.793. The molecule has 1 aromatic carbocycles. The number of guanidine groups is 1. The van der Waals surface area contributed by atoms with Crippen LogP contribution >= 0.6 is 11.3 Å². The van der Waals surface area contributed by atoms with E-state index in [0.717, 1.165) is 17.5 Å². The monoisotopic (exact) mass is 328 g/mol. The van der Waals surface area contributed by atoms with Crippen molar-refractivity contribution in [3.63, 3.8) is 0 Å². The molecule has 2 atom stereocenters. The van der Waals surface area contributed by atoms with E-state index in [0.29, 0.717) is 18.5 Å². The van der Waals surface area contributed by atoms with Crippen LogP contribution in [0.1, 0.15) is 40.3 Å². The van der Waals surface area contributed by atoms with Crippen molar-refractivity contribution in [2.45, 2.75) is 45.7 Å². The summed E-state index contributed by atoms with van der Waals surface area (Å²) < 4.78 is 0. The summed E-state index contributed by atoms with van der Waals surface area (Å²) in [5.74, 6) is 1.49. The summed E-state index contributed by atoms with van der Waals surface area (Å²) in [7, 11) is 0. The van der Waals surface area contributed by atoms with Gasteiger partial charge in [-0.1, -0.05) is 24.3 Å². The van der Waals surface area contributed by atoms with Crippen LogP contribution in [0.3, 0.4) is 0 Å². The summed E-state index contributed by atoms with van der Waals surface area (Å²) in [5, 5.41) is 7.95. The topological polar surface area (TPSA) is 49.3 Å². The quantitative estimate of drug-likeness (QED) is 0.653. The SMILES string of the molecule is CCNC(=NCc1ncc(C)s1)NC1CC1c1ccccc1C. The average molecular weight is 328 g/mol. The lowest BCUT2D eigenvalue weighted by atomic mass is 10.0. The third-order valence-corrected chi connectivity index (χ3v) is 4.98. The average Bonchev–Trinajstić information content (AvgIpc) is 3.16. The van der Waals surface area contributed by atoms with E-state index in [-0.39, 0.29) is 0 Å². The summed E-state index contributed by atoms with van der Waals surface area (Å²) in [5.41, 5.74) is 2.83. The van der Waals surface area contributed by atoms with Gasteiger partial charge in [0.1, 0.15) is 5.01 Å². The van der Waals surface area contributed by atoms with Crippen LogP contribution in [0.15, 0.2) is 35.5 Å². The predicted octanol–water partition coefficient (Wildman–Crippen LogP) is 3.37. The van der Waals surface area contributed by atoms with E-state index >= 15 is 0 Å². The molecule has 0 saturated heterocycles. The second kappa shape index (κ2) is 7.13. The Bertz CT molecular complexity index is 692. The fourth-order valence-corrected chi connectivity index (χ4v) is 3.53. The molecule has 1 fully saturated rings. The Balaban J connectivity index is 1.61. The van der Waals surface area contributed by atoms with Gasteiger partial charge in [0.25, 0.3) is 0 Å². The Kier molecular flexibility index (Phi) is 4.96. The highest BCUT2D eigenvalue weighted by atomic mass is 32.1. The van der Waals surface area contributed by atoms with Gasteiger partial charge < -0.3 is 10.6 Å². The second-order valence-corrected chi connectivity index (χ2v) is 7.33. The van der Waals surface area contributed by atoms with E-state index in [9.17, 15) is 0 Å². The van der Waals surface area contributed by atoms with Crippen LogP contribution in [0, 0.1) is 13.8 Å². The third-order valence-electron chi connectivity index (χ3n) is 4.09. The summed E-state index contributed by atoms with van der Waals surface area (Å²) in [6, 6.07) is 9.14. The minimum Gasteiger partial charge on any atom is -0.357 e. The maximum Gasteiger partial charge on any atom is 0.191 e. The van der Waals surface area contributed by atoms with Crippen molar-refractivity contribution in [3.8, 4) is 0 Å². The number of nitrogens with zero attached hydrogens (tertiary/aromatic N) is 2. The van der Waals surface area contributed by atoms with Crippen molar-refractivity contribution in [2.24, 2.45) is 4.99 Å². The molecule has 3 rings (SSSR count). The molecule has 0 spiro atoms. The Labute approximate surface area is 142 Å². The van der Waals surface area contributed by atoms with Crippen LogP contribution in [-0.2, 0) is 6.54 Å². The number of aryl methyl sites for hydroxylation is 2. The lowest BCUT2D eigenvalue weighted by Crippen LogP contribution is -2.39. The number of aromatic nitrogens is 1. The number of hydrogen-bond donors (Lipinski definition) is 2. The Morgan fingerprint density at radius 1 is 1.35 bits per heavy atom. The normalized spacial score (nSPS) is 20.4. The summed E-state index contributed by atoms with van der Waals surface area (Å²) in [6.07, 6.45) is 3.08. The van der Waals surface area contributed by atoms with E-state index in [1.54, 1.807) is 11.3 Å².